The molecule has 0 aromatic rings. The van der Waals surface area contributed by atoms with Crippen LogP contribution in [-0.4, -0.2) is 21.4 Å². The van der Waals surface area contributed by atoms with Crippen LogP contribution in [0.25, 0.3) is 0 Å². The SMILES string of the molecule is CC(C1(O)C=CC=CC1)C1(O)C=CC=CC1. The Hall–Kier alpha value is -1.12. The molecule has 0 bridgehead atoms. The minimum atomic E-state index is -0.945. The Kier molecular flexibility index (Phi) is 2.87. The summed E-state index contributed by atoms with van der Waals surface area (Å²) in [7, 11) is 0. The van der Waals surface area contributed by atoms with Gasteiger partial charge in [0.05, 0.1) is 11.2 Å². The zero-order valence-corrected chi connectivity index (χ0v) is 9.50. The van der Waals surface area contributed by atoms with E-state index < -0.39 is 11.2 Å². The van der Waals surface area contributed by atoms with Crippen molar-refractivity contribution in [3.63, 3.8) is 0 Å². The van der Waals surface area contributed by atoms with Gasteiger partial charge in [-0.2, -0.15) is 0 Å². The molecule has 0 saturated carbocycles. The molecule has 0 aromatic heterocycles. The normalized spacial score (nSPS) is 38.9. The van der Waals surface area contributed by atoms with E-state index >= 15 is 0 Å². The predicted molar refractivity (Wildman–Crippen MR) is 64.9 cm³/mol. The molecule has 0 aliphatic heterocycles. The van der Waals surface area contributed by atoms with E-state index in [2.05, 4.69) is 0 Å². The molecule has 2 heteroatoms. The highest BCUT2D eigenvalue weighted by Gasteiger charge is 2.43. The standard InChI is InChI=1S/C14H18O2/c1-12(13(15)8-4-2-5-9-13)14(16)10-6-3-7-11-14/h2-8,10,12,15-16H,9,11H2,1H3. The minimum Gasteiger partial charge on any atom is -0.385 e. The lowest BCUT2D eigenvalue weighted by molar-refractivity contribution is -0.0673. The maximum atomic E-state index is 10.5. The Labute approximate surface area is 96.3 Å². The van der Waals surface area contributed by atoms with Crippen LogP contribution in [-0.2, 0) is 0 Å². The molecule has 2 atom stereocenters. The molecule has 0 radical (unpaired) electrons. The Morgan fingerprint density at radius 1 is 0.875 bits per heavy atom. The third kappa shape index (κ3) is 1.91. The zero-order valence-electron chi connectivity index (χ0n) is 9.50. The molecule has 16 heavy (non-hydrogen) atoms. The van der Waals surface area contributed by atoms with E-state index in [4.69, 9.17) is 0 Å². The van der Waals surface area contributed by atoms with Crippen LogP contribution in [0.3, 0.4) is 0 Å². The van der Waals surface area contributed by atoms with E-state index in [0.717, 1.165) is 0 Å². The molecule has 2 nitrogen and oxygen atoms in total. The van der Waals surface area contributed by atoms with Crippen molar-refractivity contribution in [1.29, 1.82) is 0 Å². The summed E-state index contributed by atoms with van der Waals surface area (Å²) in [4.78, 5) is 0. The van der Waals surface area contributed by atoms with Gasteiger partial charge in [0.25, 0.3) is 0 Å². The van der Waals surface area contributed by atoms with E-state index in [1.807, 2.05) is 43.4 Å². The molecule has 86 valence electrons. The molecule has 2 aliphatic carbocycles. The summed E-state index contributed by atoms with van der Waals surface area (Å²) in [6, 6.07) is 0. The number of aliphatic hydroxyl groups is 2. The van der Waals surface area contributed by atoms with Crippen molar-refractivity contribution in [2.24, 2.45) is 5.92 Å². The van der Waals surface area contributed by atoms with E-state index in [1.54, 1.807) is 12.2 Å². The van der Waals surface area contributed by atoms with Gasteiger partial charge in [0.15, 0.2) is 0 Å². The van der Waals surface area contributed by atoms with Gasteiger partial charge >= 0.3 is 0 Å². The van der Waals surface area contributed by atoms with Crippen LogP contribution in [0, 0.1) is 5.92 Å². The average Bonchev–Trinajstić information content (AvgIpc) is 2.30. The van der Waals surface area contributed by atoms with Gasteiger partial charge in [0.2, 0.25) is 0 Å². The topological polar surface area (TPSA) is 40.5 Å². The van der Waals surface area contributed by atoms with Crippen LogP contribution in [0.2, 0.25) is 0 Å². The Morgan fingerprint density at radius 2 is 1.31 bits per heavy atom. The number of hydrogen-bond acceptors (Lipinski definition) is 2. The zero-order chi connectivity index (χ0) is 11.6. The van der Waals surface area contributed by atoms with Crippen LogP contribution in [0.15, 0.2) is 48.6 Å². The van der Waals surface area contributed by atoms with E-state index in [0.29, 0.717) is 12.8 Å². The maximum absolute atomic E-state index is 10.5. The van der Waals surface area contributed by atoms with Crippen molar-refractivity contribution in [2.75, 3.05) is 0 Å². The monoisotopic (exact) mass is 218 g/mol. The second kappa shape index (κ2) is 4.04. The molecule has 2 rings (SSSR count). The second-order valence-corrected chi connectivity index (χ2v) is 4.69. The summed E-state index contributed by atoms with van der Waals surface area (Å²) in [6.07, 6.45) is 16.1. The molecule has 0 aromatic carbocycles. The minimum absolute atomic E-state index is 0.234. The van der Waals surface area contributed by atoms with Crippen LogP contribution in [0.1, 0.15) is 19.8 Å². The van der Waals surface area contributed by atoms with Gasteiger partial charge in [-0.25, -0.2) is 0 Å². The first-order chi connectivity index (χ1) is 7.57. The molecule has 0 saturated heterocycles. The lowest BCUT2D eigenvalue weighted by atomic mass is 9.71. The third-order valence-corrected chi connectivity index (χ3v) is 3.65. The fourth-order valence-corrected chi connectivity index (χ4v) is 2.33. The molecule has 0 amide bonds. The number of allylic oxidation sites excluding steroid dienone is 4. The molecular weight excluding hydrogens is 200 g/mol. The summed E-state index contributed by atoms with van der Waals surface area (Å²) in [6.45, 7) is 1.90. The highest BCUT2D eigenvalue weighted by atomic mass is 16.3. The summed E-state index contributed by atoms with van der Waals surface area (Å²) in [5.74, 6) is -0.234. The highest BCUT2D eigenvalue weighted by Crippen LogP contribution is 2.38. The van der Waals surface area contributed by atoms with Crippen molar-refractivity contribution < 1.29 is 10.2 Å². The van der Waals surface area contributed by atoms with Gasteiger partial charge in [0, 0.05) is 5.92 Å². The van der Waals surface area contributed by atoms with Crippen molar-refractivity contribution in [1.82, 2.24) is 0 Å². The highest BCUT2D eigenvalue weighted by molar-refractivity contribution is 5.26. The molecule has 0 spiro atoms. The Bertz CT molecular complexity index is 342. The van der Waals surface area contributed by atoms with Crippen molar-refractivity contribution in [3.05, 3.63) is 48.6 Å². The smallest absolute Gasteiger partial charge is 0.0921 e. The summed E-state index contributed by atoms with van der Waals surface area (Å²) < 4.78 is 0. The van der Waals surface area contributed by atoms with Crippen molar-refractivity contribution in [3.8, 4) is 0 Å². The predicted octanol–water partition coefficient (Wildman–Crippen LogP) is 2.12. The van der Waals surface area contributed by atoms with Crippen molar-refractivity contribution >= 4 is 0 Å². The Balaban J connectivity index is 2.21. The van der Waals surface area contributed by atoms with Gasteiger partial charge in [-0.1, -0.05) is 55.5 Å². The lowest BCUT2D eigenvalue weighted by Gasteiger charge is -2.41. The van der Waals surface area contributed by atoms with Gasteiger partial charge in [-0.15, -0.1) is 0 Å². The van der Waals surface area contributed by atoms with Gasteiger partial charge in [-0.05, 0) is 12.8 Å². The van der Waals surface area contributed by atoms with Crippen LogP contribution >= 0.6 is 0 Å². The third-order valence-electron chi connectivity index (χ3n) is 3.65. The van der Waals surface area contributed by atoms with Gasteiger partial charge in [0.1, 0.15) is 0 Å². The fourth-order valence-electron chi connectivity index (χ4n) is 2.33. The summed E-state index contributed by atoms with van der Waals surface area (Å²) in [5.41, 5.74) is -1.89. The molecule has 0 fully saturated rings. The maximum Gasteiger partial charge on any atom is 0.0921 e. The fraction of sp³-hybridized carbons (Fsp3) is 0.429. The Morgan fingerprint density at radius 3 is 1.62 bits per heavy atom. The number of rotatable bonds is 2. The summed E-state index contributed by atoms with van der Waals surface area (Å²) >= 11 is 0. The molecule has 2 N–H and O–H groups in total. The second-order valence-electron chi connectivity index (χ2n) is 4.69. The van der Waals surface area contributed by atoms with Crippen molar-refractivity contribution in [2.45, 2.75) is 31.0 Å². The van der Waals surface area contributed by atoms with Crippen LogP contribution < -0.4 is 0 Å². The molecular formula is C14H18O2. The van der Waals surface area contributed by atoms with Gasteiger partial charge < -0.3 is 10.2 Å². The molecule has 0 heterocycles. The van der Waals surface area contributed by atoms with Gasteiger partial charge in [-0.3, -0.25) is 0 Å². The molecule has 2 unspecified atom stereocenters. The van der Waals surface area contributed by atoms with Crippen LogP contribution in [0.4, 0.5) is 0 Å². The average molecular weight is 218 g/mol. The quantitative estimate of drug-likeness (QED) is 0.745. The van der Waals surface area contributed by atoms with E-state index in [9.17, 15) is 10.2 Å². The number of hydrogen-bond donors (Lipinski definition) is 2. The van der Waals surface area contributed by atoms with E-state index in [1.165, 1.54) is 0 Å². The van der Waals surface area contributed by atoms with E-state index in [-0.39, 0.29) is 5.92 Å². The molecule has 2 aliphatic rings. The first kappa shape index (κ1) is 11.4. The largest absolute Gasteiger partial charge is 0.385 e. The van der Waals surface area contributed by atoms with Crippen LogP contribution in [0.5, 0.6) is 0 Å². The first-order valence-corrected chi connectivity index (χ1v) is 5.70. The lowest BCUT2D eigenvalue weighted by Crippen LogP contribution is -2.49. The first-order valence-electron chi connectivity index (χ1n) is 5.70. The summed E-state index contributed by atoms with van der Waals surface area (Å²) in [5, 5.41) is 21.0.